The van der Waals surface area contributed by atoms with Crippen LogP contribution in [-0.4, -0.2) is 14.5 Å². The lowest BCUT2D eigenvalue weighted by Crippen LogP contribution is -1.77. The number of fused-ring (bicyclic) bond motifs is 3. The van der Waals surface area contributed by atoms with Crippen molar-refractivity contribution in [3.63, 3.8) is 0 Å². The predicted molar refractivity (Wildman–Crippen MR) is 92.6 cm³/mol. The third kappa shape index (κ3) is 2.36. The second kappa shape index (κ2) is 5.33. The number of nitrogens with zero attached hydrogens (tertiary/aromatic N) is 4. The topological polar surface area (TPSA) is 62.2 Å². The molecule has 2 heterocycles. The van der Waals surface area contributed by atoms with E-state index in [2.05, 4.69) is 15.2 Å². The molecule has 0 fully saturated rings. The van der Waals surface area contributed by atoms with Crippen LogP contribution in [0.2, 0.25) is 5.02 Å². The van der Waals surface area contributed by atoms with Gasteiger partial charge in [0.05, 0.1) is 16.7 Å². The number of aryl methyl sites for hydroxylation is 1. The van der Waals surface area contributed by atoms with Crippen LogP contribution in [0, 0.1) is 6.92 Å². The molecule has 0 atom stereocenters. The Balaban J connectivity index is 1.78. The number of aromatic nitrogens is 2. The Hall–Kier alpha value is -2.44. The van der Waals surface area contributed by atoms with Crippen LogP contribution < -0.4 is 0 Å². The normalized spacial score (nSPS) is 11.9. The Bertz CT molecular complexity index is 1070. The lowest BCUT2D eigenvalue weighted by molar-refractivity contribution is 0.453. The summed E-state index contributed by atoms with van der Waals surface area (Å²) < 4.78 is 1.68. The summed E-state index contributed by atoms with van der Waals surface area (Å²) in [7, 11) is 0. The minimum Gasteiger partial charge on any atom is -0.492 e. The number of thiazole rings is 1. The number of hydrogen-bond donors (Lipinski definition) is 1. The molecule has 4 rings (SSSR count). The molecule has 0 radical (unpaired) electrons. The molecule has 0 aliphatic carbocycles. The lowest BCUT2D eigenvalue weighted by Gasteiger charge is -1.97. The van der Waals surface area contributed by atoms with Gasteiger partial charge in [-0.25, -0.2) is 4.98 Å². The zero-order valence-electron chi connectivity index (χ0n) is 12.1. The molecule has 0 spiro atoms. The molecule has 0 unspecified atom stereocenters. The van der Waals surface area contributed by atoms with E-state index in [1.165, 1.54) is 11.3 Å². The zero-order chi connectivity index (χ0) is 16.0. The average molecular weight is 343 g/mol. The molecule has 0 amide bonds. The largest absolute Gasteiger partial charge is 0.492 e. The van der Waals surface area contributed by atoms with Crippen LogP contribution >= 0.6 is 22.9 Å². The van der Waals surface area contributed by atoms with Crippen molar-refractivity contribution >= 4 is 49.6 Å². The first kappa shape index (κ1) is 14.2. The Kier molecular flexibility index (Phi) is 3.28. The highest BCUT2D eigenvalue weighted by Crippen LogP contribution is 2.39. The van der Waals surface area contributed by atoms with Crippen LogP contribution in [0.15, 0.2) is 52.7 Å². The first-order valence-corrected chi connectivity index (χ1v) is 8.10. The average Bonchev–Trinajstić information content (AvgIpc) is 3.05. The van der Waals surface area contributed by atoms with Crippen LogP contribution in [0.3, 0.4) is 0 Å². The minimum atomic E-state index is 0.0423. The van der Waals surface area contributed by atoms with Gasteiger partial charge in [0, 0.05) is 5.02 Å². The molecular weight excluding hydrogens is 332 g/mol. The number of para-hydroxylation sites is 2. The maximum Gasteiger partial charge on any atom is 0.237 e. The van der Waals surface area contributed by atoms with E-state index in [0.29, 0.717) is 20.7 Å². The van der Waals surface area contributed by atoms with E-state index in [4.69, 9.17) is 11.6 Å². The zero-order valence-corrected chi connectivity index (χ0v) is 13.6. The van der Waals surface area contributed by atoms with Gasteiger partial charge in [0.1, 0.15) is 0 Å². The van der Waals surface area contributed by atoms with Crippen molar-refractivity contribution in [2.75, 3.05) is 0 Å². The fourth-order valence-corrected chi connectivity index (χ4v) is 3.35. The summed E-state index contributed by atoms with van der Waals surface area (Å²) in [5.41, 5.74) is 3.30. The molecule has 23 heavy (non-hydrogen) atoms. The molecule has 114 valence electrons. The molecule has 0 aliphatic rings. The van der Waals surface area contributed by atoms with E-state index in [1.807, 2.05) is 43.3 Å². The van der Waals surface area contributed by atoms with Gasteiger partial charge in [0.2, 0.25) is 10.9 Å². The molecule has 5 nitrogen and oxygen atoms in total. The predicted octanol–water partition coefficient (Wildman–Crippen LogP) is 5.63. The van der Waals surface area contributed by atoms with Crippen LogP contribution in [0.4, 0.5) is 10.7 Å². The lowest BCUT2D eigenvalue weighted by atomic mass is 10.2. The standard InChI is InChI=1S/C16H11ClN4OS/c1-9-6-7-10(8-11(9)17)19-20-14-15(22)21-13-5-3-2-4-12(13)18-16(21)23-14/h2-8,22H,1H3. The van der Waals surface area contributed by atoms with Gasteiger partial charge in [-0.15, -0.1) is 10.2 Å². The van der Waals surface area contributed by atoms with Crippen LogP contribution in [-0.2, 0) is 0 Å². The van der Waals surface area contributed by atoms with Crippen molar-refractivity contribution in [3.8, 4) is 5.88 Å². The number of imidazole rings is 1. The summed E-state index contributed by atoms with van der Waals surface area (Å²) in [5.74, 6) is 0.0423. The molecule has 0 saturated heterocycles. The van der Waals surface area contributed by atoms with E-state index in [9.17, 15) is 5.11 Å². The number of azo groups is 1. The molecule has 7 heteroatoms. The van der Waals surface area contributed by atoms with Crippen LogP contribution in [0.25, 0.3) is 16.0 Å². The first-order valence-electron chi connectivity index (χ1n) is 6.90. The van der Waals surface area contributed by atoms with Crippen molar-refractivity contribution in [2.45, 2.75) is 6.92 Å². The van der Waals surface area contributed by atoms with Gasteiger partial charge in [-0.2, -0.15) is 0 Å². The number of halogens is 1. The van der Waals surface area contributed by atoms with Gasteiger partial charge in [-0.1, -0.05) is 41.1 Å². The van der Waals surface area contributed by atoms with Gasteiger partial charge in [-0.3, -0.25) is 4.40 Å². The molecule has 0 aliphatic heterocycles. The van der Waals surface area contributed by atoms with Crippen molar-refractivity contribution in [1.29, 1.82) is 0 Å². The third-order valence-corrected chi connectivity index (χ3v) is 4.85. The molecule has 4 aromatic rings. The summed E-state index contributed by atoms with van der Waals surface area (Å²) >= 11 is 7.36. The third-order valence-electron chi connectivity index (χ3n) is 3.53. The monoisotopic (exact) mass is 342 g/mol. The SMILES string of the molecule is Cc1ccc(N=Nc2sc3nc4ccccc4n3c2O)cc1Cl. The van der Waals surface area contributed by atoms with Gasteiger partial charge < -0.3 is 5.11 Å². The number of benzene rings is 2. The van der Waals surface area contributed by atoms with Gasteiger partial charge >= 0.3 is 0 Å². The summed E-state index contributed by atoms with van der Waals surface area (Å²) in [6.45, 7) is 1.93. The van der Waals surface area contributed by atoms with Gasteiger partial charge in [0.25, 0.3) is 0 Å². The highest BCUT2D eigenvalue weighted by atomic mass is 35.5. The van der Waals surface area contributed by atoms with Crippen molar-refractivity contribution in [2.24, 2.45) is 10.2 Å². The maximum absolute atomic E-state index is 10.4. The molecule has 0 bridgehead atoms. The van der Waals surface area contributed by atoms with Crippen molar-refractivity contribution < 1.29 is 5.11 Å². The molecule has 2 aromatic heterocycles. The Morgan fingerprint density at radius 2 is 2.00 bits per heavy atom. The van der Waals surface area contributed by atoms with Crippen molar-refractivity contribution in [3.05, 3.63) is 53.1 Å². The molecular formula is C16H11ClN4OS. The Morgan fingerprint density at radius 1 is 1.17 bits per heavy atom. The van der Waals surface area contributed by atoms with E-state index >= 15 is 0 Å². The summed E-state index contributed by atoms with van der Waals surface area (Å²) in [5, 5.41) is 19.7. The molecule has 1 N–H and O–H groups in total. The quantitative estimate of drug-likeness (QED) is 0.480. The second-order valence-corrected chi connectivity index (χ2v) is 6.45. The highest BCUT2D eigenvalue weighted by Gasteiger charge is 2.15. The summed E-state index contributed by atoms with van der Waals surface area (Å²) in [6.07, 6.45) is 0. The summed E-state index contributed by atoms with van der Waals surface area (Å²) in [4.78, 5) is 5.16. The van der Waals surface area contributed by atoms with Crippen molar-refractivity contribution in [1.82, 2.24) is 9.38 Å². The Labute approximate surface area is 140 Å². The van der Waals surface area contributed by atoms with E-state index in [-0.39, 0.29) is 5.88 Å². The second-order valence-electron chi connectivity index (χ2n) is 5.08. The fourth-order valence-electron chi connectivity index (χ4n) is 2.32. The number of hydrogen-bond acceptors (Lipinski definition) is 5. The van der Waals surface area contributed by atoms with E-state index < -0.39 is 0 Å². The minimum absolute atomic E-state index is 0.0423. The molecule has 0 saturated carbocycles. The van der Waals surface area contributed by atoms with E-state index in [0.717, 1.165) is 16.6 Å². The smallest absolute Gasteiger partial charge is 0.237 e. The number of rotatable bonds is 2. The van der Waals surface area contributed by atoms with E-state index in [1.54, 1.807) is 10.5 Å². The summed E-state index contributed by atoms with van der Waals surface area (Å²) in [6, 6.07) is 13.1. The van der Waals surface area contributed by atoms with Gasteiger partial charge in [0.15, 0.2) is 4.96 Å². The highest BCUT2D eigenvalue weighted by molar-refractivity contribution is 7.21. The van der Waals surface area contributed by atoms with Gasteiger partial charge in [-0.05, 0) is 36.8 Å². The molecule has 2 aromatic carbocycles. The maximum atomic E-state index is 10.4. The van der Waals surface area contributed by atoms with Crippen LogP contribution in [0.1, 0.15) is 5.56 Å². The number of aromatic hydroxyl groups is 1. The fraction of sp³-hybridized carbons (Fsp3) is 0.0625. The Morgan fingerprint density at radius 3 is 2.83 bits per heavy atom. The van der Waals surface area contributed by atoms with Crippen LogP contribution in [0.5, 0.6) is 5.88 Å². The first-order chi connectivity index (χ1) is 11.1.